The Labute approximate surface area is 160 Å². The first kappa shape index (κ1) is 18.7. The minimum Gasteiger partial charge on any atom is -0.466 e. The summed E-state index contributed by atoms with van der Waals surface area (Å²) in [6.07, 6.45) is 0. The Hall–Kier alpha value is -1.64. The highest BCUT2D eigenvalue weighted by molar-refractivity contribution is 14.1. The third-order valence-electron chi connectivity index (χ3n) is 3.38. The minimum atomic E-state index is -0.628. The van der Waals surface area contributed by atoms with E-state index in [1.807, 2.05) is 22.6 Å². The van der Waals surface area contributed by atoms with Crippen LogP contribution in [0.2, 0.25) is 0 Å². The molecule has 0 saturated carbocycles. The summed E-state index contributed by atoms with van der Waals surface area (Å²) in [5.41, 5.74) is 1.00. The minimum absolute atomic E-state index is 0.0450. The average Bonchev–Trinajstić information content (AvgIpc) is 2.86. The van der Waals surface area contributed by atoms with Gasteiger partial charge in [-0.15, -0.1) is 0 Å². The number of esters is 1. The van der Waals surface area contributed by atoms with E-state index in [9.17, 15) is 14.9 Å². The molecule has 0 fully saturated rings. The molecule has 1 heterocycles. The number of amides is 1. The third kappa shape index (κ3) is 3.71. The number of carbonyl (C=O) groups excluding carboxylic acids is 2. The molecule has 0 spiro atoms. The summed E-state index contributed by atoms with van der Waals surface area (Å²) < 4.78 is 6.17. The van der Waals surface area contributed by atoms with E-state index >= 15 is 0 Å². The molecule has 9 heteroatoms. The number of benzene rings is 1. The maximum Gasteiger partial charge on any atom is 0.337 e. The molecule has 24 heavy (non-hydrogen) atoms. The molecule has 1 aliphatic heterocycles. The van der Waals surface area contributed by atoms with E-state index in [2.05, 4.69) is 27.3 Å². The fourth-order valence-electron chi connectivity index (χ4n) is 2.26. The summed E-state index contributed by atoms with van der Waals surface area (Å²) in [6.45, 7) is -0.0663. The summed E-state index contributed by atoms with van der Waals surface area (Å²) in [5.74, 6) is -1.05. The predicted octanol–water partition coefficient (Wildman–Crippen LogP) is 1.60. The molecule has 0 radical (unpaired) electrons. The van der Waals surface area contributed by atoms with Crippen molar-refractivity contribution in [3.8, 4) is 6.07 Å². The second-order valence-corrected chi connectivity index (χ2v) is 6.92. The monoisotopic (exact) mass is 505 g/mol. The number of nitrogens with one attached hydrogen (secondary N) is 1. The van der Waals surface area contributed by atoms with Gasteiger partial charge in [-0.2, -0.15) is 5.26 Å². The Balaban J connectivity index is 2.47. The SMILES string of the molecule is COC(=O)C1=C(Nc2c(I)cc(Br)cc2C#N)C(=O)N(CCO)C1. The molecule has 1 amide bonds. The molecule has 0 saturated heterocycles. The van der Waals surface area contributed by atoms with Gasteiger partial charge in [0.1, 0.15) is 11.8 Å². The van der Waals surface area contributed by atoms with E-state index < -0.39 is 11.9 Å². The van der Waals surface area contributed by atoms with Crippen LogP contribution in [0.1, 0.15) is 5.56 Å². The summed E-state index contributed by atoms with van der Waals surface area (Å²) in [6, 6.07) is 5.46. The van der Waals surface area contributed by atoms with Crippen molar-refractivity contribution < 1.29 is 19.4 Å². The van der Waals surface area contributed by atoms with E-state index in [-0.39, 0.29) is 31.0 Å². The summed E-state index contributed by atoms with van der Waals surface area (Å²) >= 11 is 5.35. The summed E-state index contributed by atoms with van der Waals surface area (Å²) in [4.78, 5) is 25.8. The number of rotatable bonds is 5. The standard InChI is InChI=1S/C15H13BrIN3O4/c1-24-15(23)10-7-20(2-3-21)14(22)13(10)19-12-8(6-18)4-9(16)5-11(12)17/h4-5,19,21H,2-3,7H2,1H3. The van der Waals surface area contributed by atoms with Gasteiger partial charge in [0.25, 0.3) is 5.91 Å². The fraction of sp³-hybridized carbons (Fsp3) is 0.267. The van der Waals surface area contributed by atoms with Crippen molar-refractivity contribution in [1.29, 1.82) is 5.26 Å². The van der Waals surface area contributed by atoms with Gasteiger partial charge in [0.15, 0.2) is 0 Å². The molecule has 1 aromatic carbocycles. The molecule has 0 bridgehead atoms. The van der Waals surface area contributed by atoms with Gasteiger partial charge in [0, 0.05) is 14.6 Å². The largest absolute Gasteiger partial charge is 0.466 e. The zero-order valence-corrected chi connectivity index (χ0v) is 16.3. The van der Waals surface area contributed by atoms with E-state index in [4.69, 9.17) is 9.84 Å². The lowest BCUT2D eigenvalue weighted by molar-refractivity contribution is -0.136. The van der Waals surface area contributed by atoms with Gasteiger partial charge in [0.2, 0.25) is 0 Å². The van der Waals surface area contributed by atoms with Gasteiger partial charge >= 0.3 is 5.97 Å². The maximum absolute atomic E-state index is 12.5. The van der Waals surface area contributed by atoms with Crippen LogP contribution in [0.25, 0.3) is 0 Å². The number of nitrogens with zero attached hydrogens (tertiary/aromatic N) is 2. The van der Waals surface area contributed by atoms with Crippen molar-refractivity contribution in [2.75, 3.05) is 32.1 Å². The van der Waals surface area contributed by atoms with Crippen LogP contribution in [0.3, 0.4) is 0 Å². The number of carbonyl (C=O) groups is 2. The van der Waals surface area contributed by atoms with Crippen LogP contribution < -0.4 is 5.32 Å². The summed E-state index contributed by atoms with van der Waals surface area (Å²) in [5, 5.41) is 21.3. The second kappa shape index (κ2) is 7.96. The highest BCUT2D eigenvalue weighted by Gasteiger charge is 2.35. The summed E-state index contributed by atoms with van der Waals surface area (Å²) in [7, 11) is 1.23. The Morgan fingerprint density at radius 2 is 2.29 bits per heavy atom. The second-order valence-electron chi connectivity index (χ2n) is 4.84. The first-order chi connectivity index (χ1) is 11.4. The lowest BCUT2D eigenvalue weighted by Crippen LogP contribution is -2.31. The zero-order chi connectivity index (χ0) is 17.9. The number of aliphatic hydroxyl groups excluding tert-OH is 1. The maximum atomic E-state index is 12.5. The smallest absolute Gasteiger partial charge is 0.337 e. The van der Waals surface area contributed by atoms with Crippen molar-refractivity contribution in [3.63, 3.8) is 0 Å². The van der Waals surface area contributed by atoms with Gasteiger partial charge in [-0.1, -0.05) is 15.9 Å². The van der Waals surface area contributed by atoms with Crippen molar-refractivity contribution in [2.24, 2.45) is 0 Å². The molecule has 126 valence electrons. The first-order valence-corrected chi connectivity index (χ1v) is 8.67. The van der Waals surface area contributed by atoms with E-state index in [0.29, 0.717) is 14.8 Å². The molecule has 0 aromatic heterocycles. The lowest BCUT2D eigenvalue weighted by Gasteiger charge is -2.16. The molecule has 1 aliphatic rings. The Bertz CT molecular complexity index is 773. The molecule has 0 unspecified atom stereocenters. The van der Waals surface area contributed by atoms with Crippen LogP contribution in [-0.2, 0) is 14.3 Å². The zero-order valence-electron chi connectivity index (χ0n) is 12.6. The van der Waals surface area contributed by atoms with Crippen LogP contribution in [-0.4, -0.2) is 48.7 Å². The van der Waals surface area contributed by atoms with Crippen LogP contribution in [0, 0.1) is 14.9 Å². The Morgan fingerprint density at radius 1 is 1.58 bits per heavy atom. The van der Waals surface area contributed by atoms with Gasteiger partial charge in [0.05, 0.1) is 37.1 Å². The van der Waals surface area contributed by atoms with Crippen LogP contribution in [0.15, 0.2) is 27.9 Å². The number of methoxy groups -OCH3 is 1. The number of nitriles is 1. The number of hydrogen-bond acceptors (Lipinski definition) is 6. The topological polar surface area (TPSA) is 103 Å². The predicted molar refractivity (Wildman–Crippen MR) is 97.9 cm³/mol. The number of ether oxygens (including phenoxy) is 1. The Morgan fingerprint density at radius 3 is 2.88 bits per heavy atom. The van der Waals surface area contributed by atoms with E-state index in [1.54, 1.807) is 12.1 Å². The van der Waals surface area contributed by atoms with Crippen molar-refractivity contribution >= 4 is 56.1 Å². The fourth-order valence-corrected chi connectivity index (χ4v) is 3.91. The molecule has 7 nitrogen and oxygen atoms in total. The highest BCUT2D eigenvalue weighted by Crippen LogP contribution is 2.30. The van der Waals surface area contributed by atoms with Gasteiger partial charge < -0.3 is 20.1 Å². The molecule has 1 aromatic rings. The first-order valence-electron chi connectivity index (χ1n) is 6.80. The highest BCUT2D eigenvalue weighted by atomic mass is 127. The van der Waals surface area contributed by atoms with Crippen LogP contribution in [0.5, 0.6) is 0 Å². The molecular weight excluding hydrogens is 493 g/mol. The number of aliphatic hydroxyl groups is 1. The molecule has 2 N–H and O–H groups in total. The quantitative estimate of drug-likeness (QED) is 0.465. The molecule has 2 rings (SSSR count). The number of hydrogen-bond donors (Lipinski definition) is 2. The normalized spacial score (nSPS) is 14.0. The van der Waals surface area contributed by atoms with Crippen molar-refractivity contribution in [2.45, 2.75) is 0 Å². The van der Waals surface area contributed by atoms with Crippen molar-refractivity contribution in [1.82, 2.24) is 4.90 Å². The van der Waals surface area contributed by atoms with E-state index in [0.717, 1.165) is 4.47 Å². The van der Waals surface area contributed by atoms with Gasteiger partial charge in [-0.3, -0.25) is 4.79 Å². The number of anilines is 1. The third-order valence-corrected chi connectivity index (χ3v) is 4.69. The van der Waals surface area contributed by atoms with Gasteiger partial charge in [-0.05, 0) is 34.7 Å². The molecular formula is C15H13BrIN3O4. The average molecular weight is 506 g/mol. The Kier molecular flexibility index (Phi) is 6.20. The number of β-amino-alcohol motifs (C(OH)–C–C–N with tert-alkyl or cyclic N) is 1. The number of halogens is 2. The lowest BCUT2D eigenvalue weighted by atomic mass is 10.1. The molecule has 0 atom stereocenters. The van der Waals surface area contributed by atoms with Crippen molar-refractivity contribution in [3.05, 3.63) is 37.0 Å². The van der Waals surface area contributed by atoms with Crippen LogP contribution >= 0.6 is 38.5 Å². The van der Waals surface area contributed by atoms with Gasteiger partial charge in [-0.25, -0.2) is 4.79 Å². The molecule has 0 aliphatic carbocycles. The van der Waals surface area contributed by atoms with E-state index in [1.165, 1.54) is 12.0 Å². The van der Waals surface area contributed by atoms with Crippen LogP contribution in [0.4, 0.5) is 5.69 Å².